The molecule has 0 saturated carbocycles. The summed E-state index contributed by atoms with van der Waals surface area (Å²) >= 11 is 0. The van der Waals surface area contributed by atoms with Gasteiger partial charge in [-0.05, 0) is 18.8 Å². The second kappa shape index (κ2) is 5.38. The van der Waals surface area contributed by atoms with Crippen LogP contribution in [0.15, 0.2) is 12.4 Å². The van der Waals surface area contributed by atoms with Gasteiger partial charge < -0.3 is 0 Å². The molecule has 1 fully saturated rings. The Bertz CT molecular complexity index is 489. The van der Waals surface area contributed by atoms with Gasteiger partial charge in [-0.3, -0.25) is 4.68 Å². The van der Waals surface area contributed by atoms with Crippen LogP contribution in [-0.2, 0) is 23.8 Å². The first-order valence-electron chi connectivity index (χ1n) is 6.19. The lowest BCUT2D eigenvalue weighted by molar-refractivity contribution is 0.285. The molecular weight excluding hydrogens is 252 g/mol. The Balaban J connectivity index is 1.91. The summed E-state index contributed by atoms with van der Waals surface area (Å²) in [7, 11) is -1.54. The number of nitrogens with zero attached hydrogens (tertiary/aromatic N) is 3. The molecule has 0 atom stereocenters. The molecule has 6 nitrogen and oxygen atoms in total. The molecule has 0 aromatic carbocycles. The topological polar surface area (TPSA) is 67.2 Å². The van der Waals surface area contributed by atoms with Crippen LogP contribution >= 0.6 is 0 Å². The molecule has 1 N–H and O–H groups in total. The van der Waals surface area contributed by atoms with Crippen LogP contribution in [0.4, 0.5) is 0 Å². The van der Waals surface area contributed by atoms with Gasteiger partial charge in [0.05, 0.1) is 6.20 Å². The van der Waals surface area contributed by atoms with Crippen molar-refractivity contribution in [2.24, 2.45) is 13.0 Å². The van der Waals surface area contributed by atoms with Crippen molar-refractivity contribution in [2.75, 3.05) is 13.1 Å². The maximum Gasteiger partial charge on any atom is 0.279 e. The lowest BCUT2D eigenvalue weighted by atomic mass is 10.0. The monoisotopic (exact) mass is 272 g/mol. The van der Waals surface area contributed by atoms with Crippen LogP contribution in [-0.4, -0.2) is 35.6 Å². The third-order valence-corrected chi connectivity index (χ3v) is 4.85. The summed E-state index contributed by atoms with van der Waals surface area (Å²) in [5.74, 6) is 0.620. The fraction of sp³-hybridized carbons (Fsp3) is 0.727. The van der Waals surface area contributed by atoms with Crippen LogP contribution in [0.1, 0.15) is 25.3 Å². The predicted molar refractivity (Wildman–Crippen MR) is 68.9 cm³/mol. The number of rotatable bonds is 4. The van der Waals surface area contributed by atoms with Crippen LogP contribution in [0.2, 0.25) is 0 Å². The van der Waals surface area contributed by atoms with Gasteiger partial charge in [-0.1, -0.05) is 6.92 Å². The van der Waals surface area contributed by atoms with Gasteiger partial charge in [0.15, 0.2) is 0 Å². The van der Waals surface area contributed by atoms with Crippen molar-refractivity contribution in [2.45, 2.75) is 26.3 Å². The number of piperidine rings is 1. The van der Waals surface area contributed by atoms with E-state index in [1.807, 2.05) is 7.05 Å². The zero-order valence-corrected chi connectivity index (χ0v) is 11.7. The molecule has 0 radical (unpaired) electrons. The van der Waals surface area contributed by atoms with E-state index in [2.05, 4.69) is 16.7 Å². The minimum atomic E-state index is -3.35. The second-order valence-corrected chi connectivity index (χ2v) is 6.69. The van der Waals surface area contributed by atoms with Gasteiger partial charge in [-0.2, -0.15) is 22.5 Å². The first-order valence-corrected chi connectivity index (χ1v) is 7.63. The first kappa shape index (κ1) is 13.5. The van der Waals surface area contributed by atoms with Crippen molar-refractivity contribution in [3.63, 3.8) is 0 Å². The molecule has 0 unspecified atom stereocenters. The molecule has 1 aliphatic rings. The average Bonchev–Trinajstić information content (AvgIpc) is 2.73. The molecule has 0 bridgehead atoms. The maximum atomic E-state index is 12.1. The zero-order valence-electron chi connectivity index (χ0n) is 10.8. The molecule has 1 aromatic heterocycles. The predicted octanol–water partition coefficient (Wildman–Crippen LogP) is 0.486. The summed E-state index contributed by atoms with van der Waals surface area (Å²) in [5, 5.41) is 4.01. The van der Waals surface area contributed by atoms with Crippen molar-refractivity contribution < 1.29 is 8.42 Å². The number of hydrogen-bond donors (Lipinski definition) is 1. The van der Waals surface area contributed by atoms with Gasteiger partial charge in [0.25, 0.3) is 10.2 Å². The molecule has 1 aliphatic heterocycles. The fourth-order valence-electron chi connectivity index (χ4n) is 2.05. The van der Waals surface area contributed by atoms with Crippen molar-refractivity contribution in [3.05, 3.63) is 18.0 Å². The SMILES string of the molecule is CC1CCN(S(=O)(=O)NCc2cnn(C)c2)CC1. The third kappa shape index (κ3) is 3.30. The van der Waals surface area contributed by atoms with Gasteiger partial charge in [0.2, 0.25) is 0 Å². The van der Waals surface area contributed by atoms with Crippen LogP contribution in [0.5, 0.6) is 0 Å². The Morgan fingerprint density at radius 3 is 2.67 bits per heavy atom. The molecule has 0 spiro atoms. The first-order chi connectivity index (χ1) is 8.47. The standard InChI is InChI=1S/C11H20N4O2S/c1-10-3-5-15(6-4-10)18(16,17)13-8-11-7-12-14(2)9-11/h7,9-10,13H,3-6,8H2,1-2H3. The molecule has 2 heterocycles. The molecule has 7 heteroatoms. The van der Waals surface area contributed by atoms with Gasteiger partial charge in [0, 0.05) is 38.4 Å². The number of nitrogens with one attached hydrogen (secondary N) is 1. The van der Waals surface area contributed by atoms with E-state index in [0.29, 0.717) is 25.6 Å². The quantitative estimate of drug-likeness (QED) is 0.867. The number of hydrogen-bond acceptors (Lipinski definition) is 3. The largest absolute Gasteiger partial charge is 0.279 e. The van der Waals surface area contributed by atoms with Crippen LogP contribution in [0.25, 0.3) is 0 Å². The number of aromatic nitrogens is 2. The fourth-order valence-corrected chi connectivity index (χ4v) is 3.28. The summed E-state index contributed by atoms with van der Waals surface area (Å²) in [5.41, 5.74) is 0.867. The van der Waals surface area contributed by atoms with Gasteiger partial charge in [0.1, 0.15) is 0 Å². The van der Waals surface area contributed by atoms with Crippen molar-refractivity contribution in [3.8, 4) is 0 Å². The van der Waals surface area contributed by atoms with Gasteiger partial charge in [-0.25, -0.2) is 0 Å². The second-order valence-electron chi connectivity index (χ2n) is 4.93. The summed E-state index contributed by atoms with van der Waals surface area (Å²) < 4.78 is 29.9. The molecule has 1 saturated heterocycles. The summed E-state index contributed by atoms with van der Waals surface area (Å²) in [6, 6.07) is 0. The molecule has 2 rings (SSSR count). The Kier molecular flexibility index (Phi) is 4.04. The molecule has 0 aliphatic carbocycles. The Morgan fingerprint density at radius 1 is 1.44 bits per heavy atom. The van der Waals surface area contributed by atoms with E-state index in [-0.39, 0.29) is 0 Å². The van der Waals surface area contributed by atoms with E-state index < -0.39 is 10.2 Å². The van der Waals surface area contributed by atoms with E-state index in [0.717, 1.165) is 18.4 Å². The average molecular weight is 272 g/mol. The minimum absolute atomic E-state index is 0.294. The van der Waals surface area contributed by atoms with E-state index in [9.17, 15) is 8.42 Å². The van der Waals surface area contributed by atoms with Crippen molar-refractivity contribution in [1.82, 2.24) is 18.8 Å². The Hall–Kier alpha value is -0.920. The van der Waals surface area contributed by atoms with Crippen LogP contribution in [0.3, 0.4) is 0 Å². The lowest BCUT2D eigenvalue weighted by Crippen LogP contribution is -2.44. The van der Waals surface area contributed by atoms with Crippen molar-refractivity contribution >= 4 is 10.2 Å². The summed E-state index contributed by atoms with van der Waals surface area (Å²) in [6.45, 7) is 3.68. The van der Waals surface area contributed by atoms with E-state index in [1.165, 1.54) is 4.31 Å². The van der Waals surface area contributed by atoms with Crippen molar-refractivity contribution in [1.29, 1.82) is 0 Å². The highest BCUT2D eigenvalue weighted by Gasteiger charge is 2.25. The summed E-state index contributed by atoms with van der Waals surface area (Å²) in [6.07, 6.45) is 5.35. The third-order valence-electron chi connectivity index (χ3n) is 3.30. The van der Waals surface area contributed by atoms with E-state index in [1.54, 1.807) is 17.1 Å². The van der Waals surface area contributed by atoms with E-state index >= 15 is 0 Å². The smallest absolute Gasteiger partial charge is 0.275 e. The molecule has 18 heavy (non-hydrogen) atoms. The van der Waals surface area contributed by atoms with Crippen LogP contribution < -0.4 is 4.72 Å². The maximum absolute atomic E-state index is 12.1. The summed E-state index contributed by atoms with van der Waals surface area (Å²) in [4.78, 5) is 0. The Morgan fingerprint density at radius 2 is 2.11 bits per heavy atom. The highest BCUT2D eigenvalue weighted by atomic mass is 32.2. The highest BCUT2D eigenvalue weighted by molar-refractivity contribution is 7.87. The molecular formula is C11H20N4O2S. The Labute approximate surface area is 108 Å². The zero-order chi connectivity index (χ0) is 13.2. The molecule has 1 aromatic rings. The van der Waals surface area contributed by atoms with Gasteiger partial charge >= 0.3 is 0 Å². The number of aryl methyl sites for hydroxylation is 1. The van der Waals surface area contributed by atoms with E-state index in [4.69, 9.17) is 0 Å². The molecule has 0 amide bonds. The minimum Gasteiger partial charge on any atom is -0.275 e. The van der Waals surface area contributed by atoms with Crippen LogP contribution in [0, 0.1) is 5.92 Å². The van der Waals surface area contributed by atoms with Gasteiger partial charge in [-0.15, -0.1) is 0 Å². The lowest BCUT2D eigenvalue weighted by Gasteiger charge is -2.29. The molecule has 102 valence electrons. The highest BCUT2D eigenvalue weighted by Crippen LogP contribution is 2.18. The normalized spacial score (nSPS) is 19.2.